The SMILES string of the molecule is C=CC(=O)N1CCN(c2nc(=O)n(-c3cnccc3S(=O)(=O)NC)c3nc(-c4c(F)cccc4F)c(F)cc23)[C@@H](C)C1. The van der Waals surface area contributed by atoms with Gasteiger partial charge >= 0.3 is 5.69 Å². The second kappa shape index (κ2) is 11.0. The van der Waals surface area contributed by atoms with Crippen molar-refractivity contribution in [3.8, 4) is 16.9 Å². The molecule has 1 fully saturated rings. The monoisotopic (exact) mass is 599 g/mol. The number of sulfonamides is 1. The van der Waals surface area contributed by atoms with E-state index in [-0.39, 0.29) is 53.0 Å². The van der Waals surface area contributed by atoms with Crippen LogP contribution in [0.15, 0.2) is 65.1 Å². The first-order valence-corrected chi connectivity index (χ1v) is 14.1. The number of nitrogens with one attached hydrogen (secondary N) is 1. The number of carbonyl (C=O) groups is 1. The Bertz CT molecular complexity index is 1900. The molecule has 218 valence electrons. The Kier molecular flexibility index (Phi) is 7.55. The molecule has 4 heterocycles. The maximum atomic E-state index is 15.7. The summed E-state index contributed by atoms with van der Waals surface area (Å²) in [5.74, 6) is -3.59. The van der Waals surface area contributed by atoms with Crippen LogP contribution in [0.25, 0.3) is 28.0 Å². The van der Waals surface area contributed by atoms with Gasteiger partial charge in [0, 0.05) is 31.9 Å². The number of benzene rings is 1. The zero-order valence-corrected chi connectivity index (χ0v) is 23.2. The molecule has 0 bridgehead atoms. The summed E-state index contributed by atoms with van der Waals surface area (Å²) in [6.07, 6.45) is 3.47. The quantitative estimate of drug-likeness (QED) is 0.335. The van der Waals surface area contributed by atoms with Gasteiger partial charge in [-0.05, 0) is 44.3 Å². The molecule has 1 aliphatic rings. The third kappa shape index (κ3) is 4.90. The van der Waals surface area contributed by atoms with Gasteiger partial charge in [0.25, 0.3) is 0 Å². The van der Waals surface area contributed by atoms with Gasteiger partial charge in [0.2, 0.25) is 15.9 Å². The van der Waals surface area contributed by atoms with Crippen LogP contribution in [0.5, 0.6) is 0 Å². The van der Waals surface area contributed by atoms with Crippen LogP contribution in [0.2, 0.25) is 0 Å². The van der Waals surface area contributed by atoms with Gasteiger partial charge < -0.3 is 9.80 Å². The van der Waals surface area contributed by atoms with Crippen molar-refractivity contribution in [3.63, 3.8) is 0 Å². The number of hydrogen-bond donors (Lipinski definition) is 1. The molecule has 5 rings (SSSR count). The zero-order valence-electron chi connectivity index (χ0n) is 22.4. The van der Waals surface area contributed by atoms with Crippen LogP contribution in [-0.2, 0) is 14.8 Å². The number of hydrogen-bond acceptors (Lipinski definition) is 8. The van der Waals surface area contributed by atoms with Crippen LogP contribution in [0.1, 0.15) is 6.92 Å². The lowest BCUT2D eigenvalue weighted by molar-refractivity contribution is -0.126. The number of fused-ring (bicyclic) bond motifs is 1. The standard InChI is InChI=1S/C27H24F3N7O4S/c1-4-22(38)35-10-11-36(15(2)14-35)25-16-12-19(30)24(23-17(28)6-5-7-18(23)29)33-26(16)37(27(39)34-25)20-13-32-9-8-21(20)42(40,41)31-3/h4-9,12-13,15,31H,1,10-11,14H2,2-3H3/t15-/m0/s1. The lowest BCUT2D eigenvalue weighted by atomic mass is 10.1. The summed E-state index contributed by atoms with van der Waals surface area (Å²) in [5.41, 5.74) is -3.10. The summed E-state index contributed by atoms with van der Waals surface area (Å²) in [6.45, 7) is 5.94. The molecule has 1 atom stereocenters. The molecule has 0 radical (unpaired) electrons. The van der Waals surface area contributed by atoms with Crippen molar-refractivity contribution < 1.29 is 26.4 Å². The van der Waals surface area contributed by atoms with E-state index in [0.717, 1.165) is 41.1 Å². The fourth-order valence-electron chi connectivity index (χ4n) is 4.92. The van der Waals surface area contributed by atoms with E-state index in [2.05, 4.69) is 26.3 Å². The summed E-state index contributed by atoms with van der Waals surface area (Å²) in [4.78, 5) is 41.1. The van der Waals surface area contributed by atoms with Crippen molar-refractivity contribution in [1.82, 2.24) is 29.1 Å². The molecule has 3 aromatic heterocycles. The molecular weight excluding hydrogens is 575 g/mol. The molecule has 1 aliphatic heterocycles. The molecule has 4 aromatic rings. The number of rotatable bonds is 6. The van der Waals surface area contributed by atoms with E-state index in [1.54, 1.807) is 16.7 Å². The fourth-order valence-corrected chi connectivity index (χ4v) is 5.80. The number of halogens is 3. The molecule has 0 saturated carbocycles. The van der Waals surface area contributed by atoms with Gasteiger partial charge in [-0.1, -0.05) is 12.6 Å². The molecule has 0 unspecified atom stereocenters. The number of nitrogens with zero attached hydrogens (tertiary/aromatic N) is 6. The van der Waals surface area contributed by atoms with Gasteiger partial charge in [-0.3, -0.25) is 9.78 Å². The number of amides is 1. The molecule has 0 aliphatic carbocycles. The predicted octanol–water partition coefficient (Wildman–Crippen LogP) is 2.39. The fraction of sp³-hybridized carbons (Fsp3) is 0.222. The molecule has 1 aromatic carbocycles. The van der Waals surface area contributed by atoms with Crippen molar-refractivity contribution in [2.45, 2.75) is 17.9 Å². The Labute approximate surface area is 238 Å². The van der Waals surface area contributed by atoms with Crippen LogP contribution in [0.3, 0.4) is 0 Å². The van der Waals surface area contributed by atoms with Gasteiger partial charge in [0.1, 0.15) is 28.0 Å². The lowest BCUT2D eigenvalue weighted by Crippen LogP contribution is -2.54. The second-order valence-electron chi connectivity index (χ2n) is 9.42. The highest BCUT2D eigenvalue weighted by atomic mass is 32.2. The Morgan fingerprint density at radius 2 is 1.83 bits per heavy atom. The minimum absolute atomic E-state index is 0.00155. The summed E-state index contributed by atoms with van der Waals surface area (Å²) >= 11 is 0. The summed E-state index contributed by atoms with van der Waals surface area (Å²) < 4.78 is 73.9. The average molecular weight is 600 g/mol. The Hall–Kier alpha value is -4.63. The molecule has 11 nitrogen and oxygen atoms in total. The van der Waals surface area contributed by atoms with Gasteiger partial charge in [-0.2, -0.15) is 4.98 Å². The summed E-state index contributed by atoms with van der Waals surface area (Å²) in [6, 6.07) is 4.65. The average Bonchev–Trinajstić information content (AvgIpc) is 2.97. The van der Waals surface area contributed by atoms with Gasteiger partial charge in [0.15, 0.2) is 11.5 Å². The highest BCUT2D eigenvalue weighted by Crippen LogP contribution is 2.34. The first kappa shape index (κ1) is 28.9. The molecule has 42 heavy (non-hydrogen) atoms. The van der Waals surface area contributed by atoms with Crippen molar-refractivity contribution in [1.29, 1.82) is 0 Å². The lowest BCUT2D eigenvalue weighted by Gasteiger charge is -2.40. The van der Waals surface area contributed by atoms with Crippen molar-refractivity contribution in [2.75, 3.05) is 31.6 Å². The van der Waals surface area contributed by atoms with E-state index in [4.69, 9.17) is 0 Å². The van der Waals surface area contributed by atoms with E-state index in [1.165, 1.54) is 19.3 Å². The maximum absolute atomic E-state index is 15.7. The van der Waals surface area contributed by atoms with E-state index < -0.39 is 50.5 Å². The number of anilines is 1. The second-order valence-corrected chi connectivity index (χ2v) is 11.3. The first-order chi connectivity index (χ1) is 20.0. The van der Waals surface area contributed by atoms with Crippen molar-refractivity contribution >= 4 is 32.8 Å². The Morgan fingerprint density at radius 3 is 2.48 bits per heavy atom. The van der Waals surface area contributed by atoms with Gasteiger partial charge in [-0.15, -0.1) is 0 Å². The molecular formula is C27H24F3N7O4S. The van der Waals surface area contributed by atoms with Crippen molar-refractivity contribution in [3.05, 3.63) is 83.3 Å². The van der Waals surface area contributed by atoms with Crippen LogP contribution in [0, 0.1) is 17.5 Å². The van der Waals surface area contributed by atoms with Crippen LogP contribution in [-0.4, -0.2) is 71.5 Å². The molecule has 1 saturated heterocycles. The highest BCUT2D eigenvalue weighted by molar-refractivity contribution is 7.89. The molecule has 15 heteroatoms. The number of pyridine rings is 2. The topological polar surface area (TPSA) is 130 Å². The Balaban J connectivity index is 1.84. The molecule has 1 amide bonds. The molecule has 0 spiro atoms. The van der Waals surface area contributed by atoms with E-state index in [9.17, 15) is 26.8 Å². The van der Waals surface area contributed by atoms with E-state index >= 15 is 4.39 Å². The number of carbonyl (C=O) groups excluding carboxylic acids is 1. The largest absolute Gasteiger partial charge is 0.355 e. The smallest absolute Gasteiger partial charge is 0.350 e. The minimum atomic E-state index is -4.16. The van der Waals surface area contributed by atoms with Gasteiger partial charge in [0.05, 0.1) is 22.8 Å². The normalized spacial score (nSPS) is 15.7. The number of aromatic nitrogens is 4. The summed E-state index contributed by atoms with van der Waals surface area (Å²) in [7, 11) is -2.98. The minimum Gasteiger partial charge on any atom is -0.350 e. The summed E-state index contributed by atoms with van der Waals surface area (Å²) in [5, 5.41) is -0.0420. The first-order valence-electron chi connectivity index (χ1n) is 12.6. The maximum Gasteiger partial charge on any atom is 0.355 e. The third-order valence-corrected chi connectivity index (χ3v) is 8.41. The number of piperazine rings is 1. The molecule has 1 N–H and O–H groups in total. The Morgan fingerprint density at radius 1 is 1.12 bits per heavy atom. The third-order valence-electron chi connectivity index (χ3n) is 6.95. The van der Waals surface area contributed by atoms with E-state index in [1.807, 2.05) is 0 Å². The zero-order chi connectivity index (χ0) is 30.3. The highest BCUT2D eigenvalue weighted by Gasteiger charge is 2.31. The van der Waals surface area contributed by atoms with Crippen molar-refractivity contribution in [2.24, 2.45) is 0 Å². The predicted molar refractivity (Wildman–Crippen MR) is 148 cm³/mol. The van der Waals surface area contributed by atoms with Crippen LogP contribution < -0.4 is 15.3 Å². The van der Waals surface area contributed by atoms with Crippen LogP contribution >= 0.6 is 0 Å². The van der Waals surface area contributed by atoms with Gasteiger partial charge in [-0.25, -0.2) is 40.7 Å². The van der Waals surface area contributed by atoms with Crippen LogP contribution in [0.4, 0.5) is 19.0 Å². The van der Waals surface area contributed by atoms with E-state index in [0.29, 0.717) is 0 Å².